The number of hydrogen-bond donors (Lipinski definition) is 1. The standard InChI is InChI=1S/C13H11FIN3O/c1-2-12-16-6-8(7-17-12)13(19)18-11-4-3-9(14)5-10(11)15/h3-7H,2H2,1H3,(H,18,19). The highest BCUT2D eigenvalue weighted by atomic mass is 127. The van der Waals surface area contributed by atoms with Gasteiger partial charge in [-0.15, -0.1) is 0 Å². The quantitative estimate of drug-likeness (QED) is 0.844. The number of anilines is 1. The number of aryl methyl sites for hydroxylation is 1. The molecule has 6 heteroatoms. The summed E-state index contributed by atoms with van der Waals surface area (Å²) in [5, 5.41) is 2.70. The number of aromatic nitrogens is 2. The third-order valence-corrected chi connectivity index (χ3v) is 3.36. The van der Waals surface area contributed by atoms with E-state index in [2.05, 4.69) is 15.3 Å². The predicted octanol–water partition coefficient (Wildman–Crippen LogP) is 3.04. The Balaban J connectivity index is 2.15. The number of nitrogens with zero attached hydrogens (tertiary/aromatic N) is 2. The minimum atomic E-state index is -0.335. The number of hydrogen-bond acceptors (Lipinski definition) is 3. The Kier molecular flexibility index (Phi) is 4.41. The maximum absolute atomic E-state index is 13.0. The van der Waals surface area contributed by atoms with Gasteiger partial charge in [-0.3, -0.25) is 4.79 Å². The van der Waals surface area contributed by atoms with Crippen molar-refractivity contribution < 1.29 is 9.18 Å². The Morgan fingerprint density at radius 3 is 2.63 bits per heavy atom. The molecule has 19 heavy (non-hydrogen) atoms. The monoisotopic (exact) mass is 371 g/mol. The predicted molar refractivity (Wildman–Crippen MR) is 78.5 cm³/mol. The van der Waals surface area contributed by atoms with E-state index < -0.39 is 0 Å². The van der Waals surface area contributed by atoms with Crippen LogP contribution in [0.1, 0.15) is 23.1 Å². The highest BCUT2D eigenvalue weighted by Crippen LogP contribution is 2.19. The average molecular weight is 371 g/mol. The van der Waals surface area contributed by atoms with Crippen LogP contribution in [0.5, 0.6) is 0 Å². The lowest BCUT2D eigenvalue weighted by molar-refractivity contribution is 0.102. The summed E-state index contributed by atoms with van der Waals surface area (Å²) in [4.78, 5) is 20.1. The van der Waals surface area contributed by atoms with Crippen molar-refractivity contribution in [3.05, 3.63) is 51.4 Å². The Morgan fingerprint density at radius 1 is 1.37 bits per heavy atom. The van der Waals surface area contributed by atoms with E-state index in [0.717, 1.165) is 6.42 Å². The molecule has 0 bridgehead atoms. The molecule has 0 aliphatic rings. The fourth-order valence-corrected chi connectivity index (χ4v) is 2.05. The van der Waals surface area contributed by atoms with Crippen molar-refractivity contribution in [2.75, 3.05) is 5.32 Å². The molecule has 0 aliphatic carbocycles. The van der Waals surface area contributed by atoms with Crippen LogP contribution in [0.2, 0.25) is 0 Å². The Labute approximate surface area is 123 Å². The van der Waals surface area contributed by atoms with E-state index in [-0.39, 0.29) is 11.7 Å². The summed E-state index contributed by atoms with van der Waals surface area (Å²) >= 11 is 1.96. The van der Waals surface area contributed by atoms with Gasteiger partial charge in [-0.05, 0) is 40.8 Å². The van der Waals surface area contributed by atoms with Gasteiger partial charge in [0.15, 0.2) is 0 Å². The molecular weight excluding hydrogens is 360 g/mol. The minimum absolute atomic E-state index is 0.313. The lowest BCUT2D eigenvalue weighted by atomic mass is 10.2. The van der Waals surface area contributed by atoms with Crippen LogP contribution in [0.3, 0.4) is 0 Å². The van der Waals surface area contributed by atoms with Crippen LogP contribution < -0.4 is 5.32 Å². The van der Waals surface area contributed by atoms with Gasteiger partial charge in [0.1, 0.15) is 11.6 Å². The van der Waals surface area contributed by atoms with E-state index >= 15 is 0 Å². The molecule has 0 saturated heterocycles. The molecule has 1 heterocycles. The first-order valence-corrected chi connectivity index (χ1v) is 6.75. The van der Waals surface area contributed by atoms with Crippen molar-refractivity contribution in [1.29, 1.82) is 0 Å². The molecule has 1 amide bonds. The van der Waals surface area contributed by atoms with Crippen molar-refractivity contribution >= 4 is 34.2 Å². The number of nitrogens with one attached hydrogen (secondary N) is 1. The van der Waals surface area contributed by atoms with Crippen LogP contribution in [-0.2, 0) is 6.42 Å². The highest BCUT2D eigenvalue weighted by Gasteiger charge is 2.09. The van der Waals surface area contributed by atoms with Gasteiger partial charge in [0.05, 0.1) is 11.3 Å². The molecule has 0 radical (unpaired) electrons. The summed E-state index contributed by atoms with van der Waals surface area (Å²) in [6.07, 6.45) is 3.69. The molecule has 98 valence electrons. The molecule has 0 saturated carbocycles. The van der Waals surface area contributed by atoms with Gasteiger partial charge in [-0.1, -0.05) is 6.92 Å². The third kappa shape index (κ3) is 3.46. The second kappa shape index (κ2) is 6.05. The average Bonchev–Trinajstić information content (AvgIpc) is 2.42. The molecule has 4 nitrogen and oxygen atoms in total. The molecule has 1 N–H and O–H groups in total. The van der Waals surface area contributed by atoms with Crippen LogP contribution in [-0.4, -0.2) is 15.9 Å². The fraction of sp³-hybridized carbons (Fsp3) is 0.154. The van der Waals surface area contributed by atoms with Crippen LogP contribution >= 0.6 is 22.6 Å². The second-order valence-electron chi connectivity index (χ2n) is 3.82. The van der Waals surface area contributed by atoms with Crippen molar-refractivity contribution in [2.45, 2.75) is 13.3 Å². The molecule has 2 rings (SSSR count). The lowest BCUT2D eigenvalue weighted by Gasteiger charge is -2.07. The zero-order valence-corrected chi connectivity index (χ0v) is 12.3. The number of halogens is 2. The summed E-state index contributed by atoms with van der Waals surface area (Å²) in [5.41, 5.74) is 0.934. The van der Waals surface area contributed by atoms with E-state index in [0.29, 0.717) is 20.6 Å². The molecule has 0 aliphatic heterocycles. The molecule has 1 aromatic heterocycles. The Bertz CT molecular complexity index is 601. The summed E-state index contributed by atoms with van der Waals surface area (Å²) in [6.45, 7) is 1.94. The smallest absolute Gasteiger partial charge is 0.258 e. The van der Waals surface area contributed by atoms with Crippen molar-refractivity contribution in [2.24, 2.45) is 0 Å². The summed E-state index contributed by atoms with van der Waals surface area (Å²) in [6, 6.07) is 4.18. The molecule has 0 spiro atoms. The summed E-state index contributed by atoms with van der Waals surface area (Å²) in [5.74, 6) is 0.0399. The Hall–Kier alpha value is -1.57. The zero-order valence-electron chi connectivity index (χ0n) is 10.2. The molecular formula is C13H11FIN3O. The SMILES string of the molecule is CCc1ncc(C(=O)Nc2ccc(F)cc2I)cn1. The Morgan fingerprint density at radius 2 is 2.05 bits per heavy atom. The van der Waals surface area contributed by atoms with Gasteiger partial charge < -0.3 is 5.32 Å². The van der Waals surface area contributed by atoms with Crippen molar-refractivity contribution in [1.82, 2.24) is 9.97 Å². The number of benzene rings is 1. The largest absolute Gasteiger partial charge is 0.321 e. The van der Waals surface area contributed by atoms with E-state index in [1.807, 2.05) is 29.5 Å². The number of amides is 1. The molecule has 0 unspecified atom stereocenters. The van der Waals surface area contributed by atoms with Gasteiger partial charge in [0, 0.05) is 22.4 Å². The van der Waals surface area contributed by atoms with E-state index in [1.165, 1.54) is 30.6 Å². The first-order valence-electron chi connectivity index (χ1n) is 5.67. The zero-order chi connectivity index (χ0) is 13.8. The molecule has 2 aromatic rings. The fourth-order valence-electron chi connectivity index (χ4n) is 1.44. The van der Waals surface area contributed by atoms with Gasteiger partial charge in [0.25, 0.3) is 5.91 Å². The topological polar surface area (TPSA) is 54.9 Å². The number of rotatable bonds is 3. The summed E-state index contributed by atoms with van der Waals surface area (Å²) < 4.78 is 13.6. The van der Waals surface area contributed by atoms with Gasteiger partial charge in [-0.25, -0.2) is 14.4 Å². The summed E-state index contributed by atoms with van der Waals surface area (Å²) in [7, 11) is 0. The second-order valence-corrected chi connectivity index (χ2v) is 4.98. The van der Waals surface area contributed by atoms with Gasteiger partial charge >= 0.3 is 0 Å². The van der Waals surface area contributed by atoms with Gasteiger partial charge in [0.2, 0.25) is 0 Å². The van der Waals surface area contributed by atoms with Gasteiger partial charge in [-0.2, -0.15) is 0 Å². The maximum atomic E-state index is 13.0. The van der Waals surface area contributed by atoms with Crippen LogP contribution in [0, 0.1) is 9.39 Å². The maximum Gasteiger partial charge on any atom is 0.258 e. The first kappa shape index (κ1) is 13.9. The van der Waals surface area contributed by atoms with Crippen LogP contribution in [0.4, 0.5) is 10.1 Å². The van der Waals surface area contributed by atoms with Crippen molar-refractivity contribution in [3.63, 3.8) is 0 Å². The van der Waals surface area contributed by atoms with E-state index in [1.54, 1.807) is 0 Å². The van der Waals surface area contributed by atoms with Crippen LogP contribution in [0.25, 0.3) is 0 Å². The lowest BCUT2D eigenvalue weighted by Crippen LogP contribution is -2.14. The molecule has 1 aromatic carbocycles. The highest BCUT2D eigenvalue weighted by molar-refractivity contribution is 14.1. The van der Waals surface area contributed by atoms with Crippen LogP contribution in [0.15, 0.2) is 30.6 Å². The van der Waals surface area contributed by atoms with Crippen molar-refractivity contribution in [3.8, 4) is 0 Å². The van der Waals surface area contributed by atoms with E-state index in [4.69, 9.17) is 0 Å². The van der Waals surface area contributed by atoms with E-state index in [9.17, 15) is 9.18 Å². The first-order chi connectivity index (χ1) is 9.10. The number of carbonyl (C=O) groups excluding carboxylic acids is 1. The normalized spacial score (nSPS) is 10.3. The molecule has 0 atom stereocenters. The third-order valence-electron chi connectivity index (χ3n) is 2.46. The molecule has 0 fully saturated rings. The minimum Gasteiger partial charge on any atom is -0.321 e. The number of carbonyl (C=O) groups is 1.